The maximum atomic E-state index is 12.0. The highest BCUT2D eigenvalue weighted by molar-refractivity contribution is 5.87. The van der Waals surface area contributed by atoms with Crippen molar-refractivity contribution in [3.8, 4) is 0 Å². The fraction of sp³-hybridized carbons (Fsp3) is 0.800. The van der Waals surface area contributed by atoms with Crippen LogP contribution in [0.25, 0.3) is 0 Å². The van der Waals surface area contributed by atoms with Gasteiger partial charge in [-0.1, -0.05) is 0 Å². The third kappa shape index (κ3) is 3.09. The van der Waals surface area contributed by atoms with Crippen molar-refractivity contribution in [3.05, 3.63) is 0 Å². The number of carbonyl (C=O) groups excluding carboxylic acids is 2. The Balaban J connectivity index is 0.00000128. The molecule has 2 aliphatic heterocycles. The number of carbonyl (C=O) groups is 2. The van der Waals surface area contributed by atoms with Gasteiger partial charge in [0.2, 0.25) is 11.8 Å². The van der Waals surface area contributed by atoms with Crippen molar-refractivity contribution in [2.24, 2.45) is 5.92 Å². The maximum Gasteiger partial charge on any atom is 0.239 e. The van der Waals surface area contributed by atoms with Crippen LogP contribution in [0.3, 0.4) is 0 Å². The minimum absolute atomic E-state index is 0. The van der Waals surface area contributed by atoms with Gasteiger partial charge in [0, 0.05) is 19.0 Å². The highest BCUT2D eigenvalue weighted by Gasteiger charge is 2.28. The van der Waals surface area contributed by atoms with Gasteiger partial charge in [0.05, 0.1) is 6.54 Å². The van der Waals surface area contributed by atoms with Crippen molar-refractivity contribution in [2.75, 3.05) is 32.7 Å². The molecule has 0 saturated carbocycles. The fourth-order valence-electron chi connectivity index (χ4n) is 2.15. The summed E-state index contributed by atoms with van der Waals surface area (Å²) in [5.74, 6) is 0.243. The number of nitrogens with zero attached hydrogens (tertiary/aromatic N) is 1. The molecule has 2 aliphatic rings. The molecule has 0 aromatic rings. The Morgan fingerprint density at radius 2 is 1.94 bits per heavy atom. The first kappa shape index (κ1) is 13.3. The lowest BCUT2D eigenvalue weighted by atomic mass is 9.96. The average molecular weight is 248 g/mol. The van der Waals surface area contributed by atoms with Gasteiger partial charge in [0.15, 0.2) is 0 Å². The van der Waals surface area contributed by atoms with E-state index in [1.165, 1.54) is 0 Å². The molecule has 0 bridgehead atoms. The maximum absolute atomic E-state index is 12.0. The van der Waals surface area contributed by atoms with E-state index in [4.69, 9.17) is 0 Å². The minimum atomic E-state index is -0.0384. The van der Waals surface area contributed by atoms with E-state index in [2.05, 4.69) is 10.6 Å². The molecule has 0 unspecified atom stereocenters. The molecule has 2 amide bonds. The molecule has 0 aromatic heterocycles. The van der Waals surface area contributed by atoms with Gasteiger partial charge in [-0.05, 0) is 25.9 Å². The highest BCUT2D eigenvalue weighted by atomic mass is 35.5. The number of nitrogens with one attached hydrogen (secondary N) is 2. The third-order valence-corrected chi connectivity index (χ3v) is 3.04. The summed E-state index contributed by atoms with van der Waals surface area (Å²) in [6.07, 6.45) is 1.80. The highest BCUT2D eigenvalue weighted by Crippen LogP contribution is 2.15. The van der Waals surface area contributed by atoms with Crippen LogP contribution in [-0.2, 0) is 9.59 Å². The quantitative estimate of drug-likeness (QED) is 0.649. The molecule has 0 radical (unpaired) electrons. The van der Waals surface area contributed by atoms with Gasteiger partial charge >= 0.3 is 0 Å². The van der Waals surface area contributed by atoms with Crippen LogP contribution in [0.4, 0.5) is 0 Å². The van der Waals surface area contributed by atoms with Gasteiger partial charge in [-0.2, -0.15) is 0 Å². The summed E-state index contributed by atoms with van der Waals surface area (Å²) in [5.41, 5.74) is 0. The molecule has 2 rings (SSSR count). The van der Waals surface area contributed by atoms with Crippen LogP contribution < -0.4 is 10.6 Å². The van der Waals surface area contributed by atoms with E-state index in [-0.39, 0.29) is 36.7 Å². The first-order chi connectivity index (χ1) is 7.27. The van der Waals surface area contributed by atoms with E-state index in [0.29, 0.717) is 13.1 Å². The van der Waals surface area contributed by atoms with Crippen LogP contribution in [0.1, 0.15) is 12.8 Å². The van der Waals surface area contributed by atoms with Gasteiger partial charge in [-0.15, -0.1) is 12.4 Å². The summed E-state index contributed by atoms with van der Waals surface area (Å²) in [7, 11) is 0. The summed E-state index contributed by atoms with van der Waals surface area (Å²) in [6, 6.07) is 0. The van der Waals surface area contributed by atoms with Crippen molar-refractivity contribution in [3.63, 3.8) is 0 Å². The van der Waals surface area contributed by atoms with Crippen molar-refractivity contribution in [1.82, 2.24) is 15.5 Å². The van der Waals surface area contributed by atoms with Crippen LogP contribution in [0.2, 0.25) is 0 Å². The molecule has 2 fully saturated rings. The second-order valence-corrected chi connectivity index (χ2v) is 4.13. The molecule has 5 nitrogen and oxygen atoms in total. The predicted molar refractivity (Wildman–Crippen MR) is 62.4 cm³/mol. The average Bonchev–Trinajstić information content (AvgIpc) is 2.29. The second kappa shape index (κ2) is 6.06. The normalized spacial score (nSPS) is 22.2. The zero-order valence-electron chi connectivity index (χ0n) is 9.20. The second-order valence-electron chi connectivity index (χ2n) is 4.13. The van der Waals surface area contributed by atoms with Gasteiger partial charge in [0.1, 0.15) is 0 Å². The Labute approximate surface area is 101 Å². The minimum Gasteiger partial charge on any atom is -0.353 e. The zero-order valence-corrected chi connectivity index (χ0v) is 10.0. The number of amides is 2. The van der Waals surface area contributed by atoms with Crippen molar-refractivity contribution in [1.29, 1.82) is 0 Å². The predicted octanol–water partition coefficient (Wildman–Crippen LogP) is -0.634. The Hall–Kier alpha value is -0.810. The first-order valence-corrected chi connectivity index (χ1v) is 5.53. The SMILES string of the molecule is Cl.O=C1CN(C(=O)C2CCNCC2)CCN1. The van der Waals surface area contributed by atoms with E-state index in [0.717, 1.165) is 25.9 Å². The molecular formula is C10H18ClN3O2. The van der Waals surface area contributed by atoms with Crippen molar-refractivity contribution < 1.29 is 9.59 Å². The lowest BCUT2D eigenvalue weighted by Crippen LogP contribution is -2.52. The number of halogens is 1. The van der Waals surface area contributed by atoms with E-state index < -0.39 is 0 Å². The fourth-order valence-corrected chi connectivity index (χ4v) is 2.15. The summed E-state index contributed by atoms with van der Waals surface area (Å²) in [4.78, 5) is 24.8. The van der Waals surface area contributed by atoms with Crippen LogP contribution in [0, 0.1) is 5.92 Å². The molecular weight excluding hydrogens is 230 g/mol. The van der Waals surface area contributed by atoms with Crippen LogP contribution in [0.5, 0.6) is 0 Å². The largest absolute Gasteiger partial charge is 0.353 e. The molecule has 0 atom stereocenters. The molecule has 0 aliphatic carbocycles. The van der Waals surface area contributed by atoms with E-state index in [1.54, 1.807) is 4.90 Å². The molecule has 2 saturated heterocycles. The Kier molecular flexibility index (Phi) is 5.02. The van der Waals surface area contributed by atoms with Crippen LogP contribution in [-0.4, -0.2) is 49.4 Å². The summed E-state index contributed by atoms with van der Waals surface area (Å²) in [5, 5.41) is 5.96. The molecule has 0 spiro atoms. The van der Waals surface area contributed by atoms with Crippen molar-refractivity contribution >= 4 is 24.2 Å². The summed E-state index contributed by atoms with van der Waals surface area (Å²) < 4.78 is 0. The Morgan fingerprint density at radius 3 is 2.56 bits per heavy atom. The molecule has 2 N–H and O–H groups in total. The molecule has 16 heavy (non-hydrogen) atoms. The molecule has 2 heterocycles. The lowest BCUT2D eigenvalue weighted by molar-refractivity contribution is -0.142. The summed E-state index contributed by atoms with van der Waals surface area (Å²) >= 11 is 0. The monoisotopic (exact) mass is 247 g/mol. The third-order valence-electron chi connectivity index (χ3n) is 3.04. The van der Waals surface area contributed by atoms with E-state index >= 15 is 0 Å². The van der Waals surface area contributed by atoms with Crippen molar-refractivity contribution in [2.45, 2.75) is 12.8 Å². The standard InChI is InChI=1S/C10H17N3O2.ClH/c14-9-7-13(6-5-12-9)10(15)8-1-3-11-4-2-8;/h8,11H,1-7H2,(H,12,14);1H. The Morgan fingerprint density at radius 1 is 1.25 bits per heavy atom. The number of hydrogen-bond acceptors (Lipinski definition) is 3. The van der Waals surface area contributed by atoms with Crippen LogP contribution >= 0.6 is 12.4 Å². The molecule has 92 valence electrons. The molecule has 6 heteroatoms. The number of hydrogen-bond donors (Lipinski definition) is 2. The topological polar surface area (TPSA) is 61.4 Å². The Bertz CT molecular complexity index is 267. The van der Waals surface area contributed by atoms with Gasteiger partial charge < -0.3 is 15.5 Å². The van der Waals surface area contributed by atoms with Gasteiger partial charge in [-0.3, -0.25) is 9.59 Å². The van der Waals surface area contributed by atoms with Gasteiger partial charge in [0.25, 0.3) is 0 Å². The number of piperazine rings is 1. The van der Waals surface area contributed by atoms with Gasteiger partial charge in [-0.25, -0.2) is 0 Å². The summed E-state index contributed by atoms with van der Waals surface area (Å²) in [6.45, 7) is 3.32. The first-order valence-electron chi connectivity index (χ1n) is 5.53. The van der Waals surface area contributed by atoms with Crippen LogP contribution in [0.15, 0.2) is 0 Å². The smallest absolute Gasteiger partial charge is 0.239 e. The lowest BCUT2D eigenvalue weighted by Gasteiger charge is -2.31. The van der Waals surface area contributed by atoms with E-state index in [9.17, 15) is 9.59 Å². The zero-order chi connectivity index (χ0) is 10.7. The van der Waals surface area contributed by atoms with E-state index in [1.807, 2.05) is 0 Å². The molecule has 0 aromatic carbocycles. The number of rotatable bonds is 1. The number of piperidine rings is 1.